The molecule has 2 aliphatic carbocycles. The van der Waals surface area contributed by atoms with Gasteiger partial charge in [-0.2, -0.15) is 9.57 Å². The molecule has 0 bridgehead atoms. The van der Waals surface area contributed by atoms with Crippen molar-refractivity contribution in [1.29, 1.82) is 5.26 Å². The largest absolute Gasteiger partial charge is 0.354 e. The van der Waals surface area contributed by atoms with E-state index in [1.165, 1.54) is 17.3 Å². The van der Waals surface area contributed by atoms with Crippen LogP contribution in [0.4, 0.5) is 4.39 Å². The highest BCUT2D eigenvalue weighted by atomic mass is 32.2. The Hall–Kier alpha value is -2.50. The molecule has 6 nitrogen and oxygen atoms in total. The minimum Gasteiger partial charge on any atom is -0.354 e. The SMILES string of the molecule is CC(=O)NC1CCC(C#N)(c2ccc(CN3[C@@H](C)CCC(C4=CCCC=C4)S3(=O)=O)c(F)c2)CC1. The summed E-state index contributed by atoms with van der Waals surface area (Å²) in [7, 11) is -3.63. The number of sulfonamides is 1. The summed E-state index contributed by atoms with van der Waals surface area (Å²) >= 11 is 0. The Labute approximate surface area is 207 Å². The Morgan fingerprint density at radius 2 is 1.97 bits per heavy atom. The van der Waals surface area contributed by atoms with Crippen LogP contribution in [0.1, 0.15) is 76.3 Å². The first-order valence-corrected chi connectivity index (χ1v) is 14.0. The number of allylic oxidation sites excluding steroid dienone is 3. The highest BCUT2D eigenvalue weighted by Gasteiger charge is 2.42. The quantitative estimate of drug-likeness (QED) is 0.640. The van der Waals surface area contributed by atoms with Gasteiger partial charge in [0.05, 0.1) is 11.5 Å². The average Bonchev–Trinajstić information content (AvgIpc) is 2.83. The number of carbonyl (C=O) groups is 1. The van der Waals surface area contributed by atoms with Crippen molar-refractivity contribution >= 4 is 15.9 Å². The summed E-state index contributed by atoms with van der Waals surface area (Å²) in [6.07, 6.45) is 11.4. The lowest BCUT2D eigenvalue weighted by Crippen LogP contribution is -2.48. The van der Waals surface area contributed by atoms with Crippen molar-refractivity contribution in [2.45, 2.75) is 94.5 Å². The predicted octanol–water partition coefficient (Wildman–Crippen LogP) is 4.62. The van der Waals surface area contributed by atoms with E-state index in [9.17, 15) is 18.5 Å². The van der Waals surface area contributed by atoms with Gasteiger partial charge < -0.3 is 5.32 Å². The third-order valence-corrected chi connectivity index (χ3v) is 10.2. The molecule has 2 atom stereocenters. The summed E-state index contributed by atoms with van der Waals surface area (Å²) in [4.78, 5) is 11.4. The van der Waals surface area contributed by atoms with Crippen LogP contribution in [0.25, 0.3) is 0 Å². The molecule has 0 spiro atoms. The van der Waals surface area contributed by atoms with E-state index in [2.05, 4.69) is 11.4 Å². The monoisotopic (exact) mass is 499 g/mol. The average molecular weight is 500 g/mol. The van der Waals surface area contributed by atoms with E-state index in [1.54, 1.807) is 12.1 Å². The molecular weight excluding hydrogens is 465 g/mol. The first kappa shape index (κ1) is 25.6. The number of rotatable bonds is 5. The van der Waals surface area contributed by atoms with Crippen LogP contribution in [-0.2, 0) is 26.8 Å². The maximum absolute atomic E-state index is 15.3. The number of amides is 1. The van der Waals surface area contributed by atoms with Gasteiger partial charge in [0, 0.05) is 31.1 Å². The van der Waals surface area contributed by atoms with Crippen LogP contribution in [0.2, 0.25) is 0 Å². The summed E-state index contributed by atoms with van der Waals surface area (Å²) in [5.41, 5.74) is 0.976. The van der Waals surface area contributed by atoms with Crippen LogP contribution in [0.15, 0.2) is 42.0 Å². The van der Waals surface area contributed by atoms with Gasteiger partial charge >= 0.3 is 0 Å². The number of carbonyl (C=O) groups excluding carboxylic acids is 1. The topological polar surface area (TPSA) is 90.3 Å². The van der Waals surface area contributed by atoms with Gasteiger partial charge in [-0.05, 0) is 75.5 Å². The van der Waals surface area contributed by atoms with E-state index in [0.717, 1.165) is 24.8 Å². The molecule has 3 aliphatic rings. The van der Waals surface area contributed by atoms with Crippen molar-refractivity contribution in [3.05, 3.63) is 58.9 Å². The molecular formula is C27H34FN3O3S. The first-order valence-electron chi connectivity index (χ1n) is 12.5. The molecule has 0 radical (unpaired) electrons. The lowest BCUT2D eigenvalue weighted by molar-refractivity contribution is -0.119. The zero-order valence-electron chi connectivity index (χ0n) is 20.5. The Kier molecular flexibility index (Phi) is 7.48. The van der Waals surface area contributed by atoms with Crippen molar-refractivity contribution in [1.82, 2.24) is 9.62 Å². The molecule has 188 valence electrons. The van der Waals surface area contributed by atoms with E-state index in [1.807, 2.05) is 25.2 Å². The van der Waals surface area contributed by atoms with Crippen LogP contribution < -0.4 is 5.32 Å². The van der Waals surface area contributed by atoms with Crippen molar-refractivity contribution in [3.8, 4) is 6.07 Å². The molecule has 8 heteroatoms. The second kappa shape index (κ2) is 10.2. The fourth-order valence-corrected chi connectivity index (χ4v) is 7.91. The van der Waals surface area contributed by atoms with Crippen LogP contribution in [0.3, 0.4) is 0 Å². The van der Waals surface area contributed by atoms with E-state index in [-0.39, 0.29) is 24.5 Å². The van der Waals surface area contributed by atoms with Gasteiger partial charge in [-0.15, -0.1) is 0 Å². The maximum Gasteiger partial charge on any atom is 0.221 e. The third kappa shape index (κ3) is 5.22. The molecule has 0 aromatic heterocycles. The molecule has 2 fully saturated rings. The Morgan fingerprint density at radius 1 is 1.23 bits per heavy atom. The fourth-order valence-electron chi connectivity index (χ4n) is 5.71. The zero-order valence-corrected chi connectivity index (χ0v) is 21.3. The molecule has 1 heterocycles. The van der Waals surface area contributed by atoms with Gasteiger partial charge in [0.2, 0.25) is 15.9 Å². The second-order valence-corrected chi connectivity index (χ2v) is 12.2. The third-order valence-electron chi connectivity index (χ3n) is 7.81. The van der Waals surface area contributed by atoms with Gasteiger partial charge in [-0.1, -0.05) is 30.4 Å². The second-order valence-electron chi connectivity index (χ2n) is 10.2. The molecule has 4 rings (SSSR count). The van der Waals surface area contributed by atoms with Crippen molar-refractivity contribution in [2.75, 3.05) is 0 Å². The number of nitriles is 1. The smallest absolute Gasteiger partial charge is 0.221 e. The summed E-state index contributed by atoms with van der Waals surface area (Å²) < 4.78 is 43.8. The van der Waals surface area contributed by atoms with Gasteiger partial charge in [0.1, 0.15) is 11.1 Å². The van der Waals surface area contributed by atoms with Crippen LogP contribution >= 0.6 is 0 Å². The van der Waals surface area contributed by atoms with Crippen LogP contribution in [0, 0.1) is 17.1 Å². The molecule has 1 aliphatic heterocycles. The lowest BCUT2D eigenvalue weighted by atomic mass is 9.69. The maximum atomic E-state index is 15.3. The van der Waals surface area contributed by atoms with Crippen LogP contribution in [0.5, 0.6) is 0 Å². The van der Waals surface area contributed by atoms with Gasteiger partial charge in [0.15, 0.2) is 0 Å². The van der Waals surface area contributed by atoms with Gasteiger partial charge in [-0.3, -0.25) is 4.79 Å². The molecule has 1 aromatic carbocycles. The molecule has 1 unspecified atom stereocenters. The van der Waals surface area contributed by atoms with E-state index >= 15 is 4.39 Å². The van der Waals surface area contributed by atoms with Crippen molar-refractivity contribution in [3.63, 3.8) is 0 Å². The number of nitrogens with one attached hydrogen (secondary N) is 1. The summed E-state index contributed by atoms with van der Waals surface area (Å²) in [6.45, 7) is 3.34. The van der Waals surface area contributed by atoms with Crippen molar-refractivity contribution < 1.29 is 17.6 Å². The Bertz CT molecular complexity index is 1180. The first-order chi connectivity index (χ1) is 16.7. The Morgan fingerprint density at radius 3 is 2.57 bits per heavy atom. The number of benzene rings is 1. The molecule has 1 aromatic rings. The lowest BCUT2D eigenvalue weighted by Gasteiger charge is -2.38. The minimum atomic E-state index is -3.63. The van der Waals surface area contributed by atoms with Crippen LogP contribution in [-0.4, -0.2) is 36.0 Å². The fraction of sp³-hybridized carbons (Fsp3) is 0.556. The van der Waals surface area contributed by atoms with Gasteiger partial charge in [0.25, 0.3) is 0 Å². The number of hydrogen-bond acceptors (Lipinski definition) is 4. The number of hydrogen-bond donors (Lipinski definition) is 1. The number of halogens is 1. The molecule has 1 saturated heterocycles. The van der Waals surface area contributed by atoms with Gasteiger partial charge in [-0.25, -0.2) is 12.8 Å². The van der Waals surface area contributed by atoms with E-state index in [0.29, 0.717) is 43.2 Å². The highest BCUT2D eigenvalue weighted by Crippen LogP contribution is 2.40. The molecule has 35 heavy (non-hydrogen) atoms. The van der Waals surface area contributed by atoms with E-state index in [4.69, 9.17) is 0 Å². The van der Waals surface area contributed by atoms with E-state index < -0.39 is 26.5 Å². The summed E-state index contributed by atoms with van der Waals surface area (Å²) in [5, 5.41) is 12.3. The predicted molar refractivity (Wildman–Crippen MR) is 133 cm³/mol. The minimum absolute atomic E-state index is 0.0206. The molecule has 1 N–H and O–H groups in total. The van der Waals surface area contributed by atoms with Crippen molar-refractivity contribution in [2.24, 2.45) is 0 Å². The highest BCUT2D eigenvalue weighted by molar-refractivity contribution is 7.90. The summed E-state index contributed by atoms with van der Waals surface area (Å²) in [6, 6.07) is 7.03. The Balaban J connectivity index is 1.53. The molecule has 1 saturated carbocycles. The number of nitrogens with zero attached hydrogens (tertiary/aromatic N) is 2. The summed E-state index contributed by atoms with van der Waals surface area (Å²) in [5.74, 6) is -0.572. The zero-order chi connectivity index (χ0) is 25.2. The standard InChI is InChI=1S/C27H34FN3O3S/c1-19-8-11-26(21-6-4-3-5-7-21)35(33,34)31(19)17-22-9-10-23(16-25(22)28)27(18-29)14-12-24(13-15-27)30-20(2)32/h4,6-7,9-10,16,19,24,26H,3,5,8,11-15,17H2,1-2H3,(H,30,32)/t19-,24?,26?,27?/m0/s1. The molecule has 1 amide bonds. The normalized spacial score (nSPS) is 30.8.